The third-order valence-corrected chi connectivity index (χ3v) is 5.00. The molecule has 2 aromatic rings. The number of hydrogen-bond acceptors (Lipinski definition) is 3. The van der Waals surface area contributed by atoms with E-state index in [2.05, 4.69) is 57.4 Å². The number of pyridine rings is 1. The van der Waals surface area contributed by atoms with E-state index in [1.807, 2.05) is 25.4 Å². The van der Waals surface area contributed by atoms with Crippen LogP contribution in [0.2, 0.25) is 0 Å². The Bertz CT molecular complexity index is 541. The Kier molecular flexibility index (Phi) is 5.43. The van der Waals surface area contributed by atoms with Crippen LogP contribution in [0.15, 0.2) is 57.0 Å². The first kappa shape index (κ1) is 14.6. The molecule has 0 fully saturated rings. The Balaban J connectivity index is 2.33. The van der Waals surface area contributed by atoms with Crippen LogP contribution in [0.3, 0.4) is 0 Å². The van der Waals surface area contributed by atoms with E-state index in [-0.39, 0.29) is 0 Å². The predicted molar refractivity (Wildman–Crippen MR) is 84.6 cm³/mol. The van der Waals surface area contributed by atoms with E-state index in [0.29, 0.717) is 6.04 Å². The Morgan fingerprint density at radius 3 is 2.74 bits per heavy atom. The van der Waals surface area contributed by atoms with Crippen molar-refractivity contribution in [2.45, 2.75) is 29.3 Å². The normalized spacial score (nSPS) is 12.4. The highest BCUT2D eigenvalue weighted by Crippen LogP contribution is 2.36. The van der Waals surface area contributed by atoms with Crippen molar-refractivity contribution >= 4 is 27.7 Å². The summed E-state index contributed by atoms with van der Waals surface area (Å²) in [5, 5.41) is 4.36. The summed E-state index contributed by atoms with van der Waals surface area (Å²) in [6.07, 6.45) is 2.89. The van der Waals surface area contributed by atoms with Crippen LogP contribution in [0.1, 0.15) is 24.9 Å². The van der Waals surface area contributed by atoms with Crippen LogP contribution in [-0.4, -0.2) is 12.0 Å². The van der Waals surface area contributed by atoms with Gasteiger partial charge in [-0.3, -0.25) is 0 Å². The third-order valence-electron chi connectivity index (χ3n) is 2.98. The summed E-state index contributed by atoms with van der Waals surface area (Å²) in [5.41, 5.74) is 1.33. The van der Waals surface area contributed by atoms with Crippen molar-refractivity contribution in [1.82, 2.24) is 10.3 Å². The molecule has 1 N–H and O–H groups in total. The van der Waals surface area contributed by atoms with Crippen molar-refractivity contribution in [3.05, 3.63) is 52.6 Å². The second-order valence-corrected chi connectivity index (χ2v) is 6.06. The third kappa shape index (κ3) is 3.59. The maximum atomic E-state index is 4.42. The topological polar surface area (TPSA) is 24.9 Å². The van der Waals surface area contributed by atoms with Crippen LogP contribution in [-0.2, 0) is 0 Å². The van der Waals surface area contributed by atoms with E-state index in [9.17, 15) is 0 Å². The molecule has 0 spiro atoms. The maximum Gasteiger partial charge on any atom is 0.115 e. The molecule has 2 nitrogen and oxygen atoms in total. The molecule has 0 amide bonds. The standard InChI is InChI=1S/C15H17BrN2S/c1-3-13(17-2)11-7-4-5-9-14(11)19-15-12(16)8-6-10-18-15/h4-10,13,17H,3H2,1-2H3. The van der Waals surface area contributed by atoms with Crippen LogP contribution >= 0.6 is 27.7 Å². The Morgan fingerprint density at radius 1 is 1.26 bits per heavy atom. The average molecular weight is 337 g/mol. The number of halogens is 1. The van der Waals surface area contributed by atoms with E-state index in [1.165, 1.54) is 10.5 Å². The monoisotopic (exact) mass is 336 g/mol. The molecule has 0 saturated heterocycles. The molecule has 0 aliphatic heterocycles. The quantitative estimate of drug-likeness (QED) is 0.858. The first-order valence-electron chi connectivity index (χ1n) is 6.30. The van der Waals surface area contributed by atoms with E-state index in [0.717, 1.165) is 15.9 Å². The van der Waals surface area contributed by atoms with Crippen molar-refractivity contribution in [1.29, 1.82) is 0 Å². The molecule has 1 atom stereocenters. The molecular weight excluding hydrogens is 320 g/mol. The lowest BCUT2D eigenvalue weighted by atomic mass is 10.1. The summed E-state index contributed by atoms with van der Waals surface area (Å²) < 4.78 is 1.03. The molecule has 1 aromatic heterocycles. The van der Waals surface area contributed by atoms with Gasteiger partial charge < -0.3 is 5.32 Å². The molecule has 0 radical (unpaired) electrons. The smallest absolute Gasteiger partial charge is 0.115 e. The molecule has 0 bridgehead atoms. The minimum atomic E-state index is 0.381. The van der Waals surface area contributed by atoms with Gasteiger partial charge in [0.05, 0.1) is 4.47 Å². The van der Waals surface area contributed by atoms with Crippen molar-refractivity contribution in [3.63, 3.8) is 0 Å². The van der Waals surface area contributed by atoms with Crippen molar-refractivity contribution < 1.29 is 0 Å². The molecule has 1 heterocycles. The summed E-state index contributed by atoms with van der Waals surface area (Å²) in [4.78, 5) is 5.67. The molecule has 0 aliphatic carbocycles. The second-order valence-electron chi connectivity index (χ2n) is 4.18. The second kappa shape index (κ2) is 7.08. The van der Waals surface area contributed by atoms with Crippen LogP contribution in [0.4, 0.5) is 0 Å². The van der Waals surface area contributed by atoms with Gasteiger partial charge in [-0.2, -0.15) is 0 Å². The number of nitrogens with zero attached hydrogens (tertiary/aromatic N) is 1. The lowest BCUT2D eigenvalue weighted by Crippen LogP contribution is -2.15. The van der Waals surface area contributed by atoms with Crippen molar-refractivity contribution in [2.24, 2.45) is 0 Å². The molecule has 0 aliphatic rings. The Labute approximate surface area is 127 Å². The van der Waals surface area contributed by atoms with Gasteiger partial charge in [0, 0.05) is 17.1 Å². The first-order chi connectivity index (χ1) is 9.26. The van der Waals surface area contributed by atoms with E-state index >= 15 is 0 Å². The summed E-state index contributed by atoms with van der Waals surface area (Å²) in [7, 11) is 2.01. The zero-order valence-corrected chi connectivity index (χ0v) is 13.5. The molecule has 2 rings (SSSR count). The largest absolute Gasteiger partial charge is 0.313 e. The van der Waals surface area contributed by atoms with Crippen LogP contribution in [0.25, 0.3) is 0 Å². The van der Waals surface area contributed by atoms with Gasteiger partial charge in [-0.25, -0.2) is 4.98 Å². The summed E-state index contributed by atoms with van der Waals surface area (Å²) in [5.74, 6) is 0. The number of rotatable bonds is 5. The molecular formula is C15H17BrN2S. The van der Waals surface area contributed by atoms with Gasteiger partial charge in [-0.1, -0.05) is 36.9 Å². The fraction of sp³-hybridized carbons (Fsp3) is 0.267. The zero-order chi connectivity index (χ0) is 13.7. The Morgan fingerprint density at radius 2 is 2.05 bits per heavy atom. The molecule has 1 aromatic carbocycles. The average Bonchev–Trinajstić information content (AvgIpc) is 2.44. The lowest BCUT2D eigenvalue weighted by Gasteiger charge is -2.18. The molecule has 0 saturated carbocycles. The number of benzene rings is 1. The predicted octanol–water partition coefficient (Wildman–Crippen LogP) is 4.67. The van der Waals surface area contributed by atoms with Gasteiger partial charge in [0.25, 0.3) is 0 Å². The van der Waals surface area contributed by atoms with E-state index in [4.69, 9.17) is 0 Å². The van der Waals surface area contributed by atoms with Crippen LogP contribution in [0.5, 0.6) is 0 Å². The maximum absolute atomic E-state index is 4.42. The summed E-state index contributed by atoms with van der Waals surface area (Å²) in [6.45, 7) is 2.19. The summed E-state index contributed by atoms with van der Waals surface area (Å²) in [6, 6.07) is 12.8. The van der Waals surface area contributed by atoms with E-state index in [1.54, 1.807) is 11.8 Å². The lowest BCUT2D eigenvalue weighted by molar-refractivity contribution is 0.568. The van der Waals surface area contributed by atoms with Crippen molar-refractivity contribution in [3.8, 4) is 0 Å². The zero-order valence-electron chi connectivity index (χ0n) is 11.1. The highest BCUT2D eigenvalue weighted by molar-refractivity contribution is 9.10. The van der Waals surface area contributed by atoms with Crippen molar-refractivity contribution in [2.75, 3.05) is 7.05 Å². The van der Waals surface area contributed by atoms with E-state index < -0.39 is 0 Å². The summed E-state index contributed by atoms with van der Waals surface area (Å²) >= 11 is 5.25. The van der Waals surface area contributed by atoms with Crippen LogP contribution < -0.4 is 5.32 Å². The highest BCUT2D eigenvalue weighted by atomic mass is 79.9. The molecule has 100 valence electrons. The fourth-order valence-corrected chi connectivity index (χ4v) is 3.45. The molecule has 1 unspecified atom stereocenters. The van der Waals surface area contributed by atoms with Crippen LogP contribution in [0, 0.1) is 0 Å². The first-order valence-corrected chi connectivity index (χ1v) is 7.91. The van der Waals surface area contributed by atoms with Gasteiger partial charge >= 0.3 is 0 Å². The van der Waals surface area contributed by atoms with Gasteiger partial charge in [0.15, 0.2) is 0 Å². The fourth-order valence-electron chi connectivity index (χ4n) is 1.99. The number of nitrogens with one attached hydrogen (secondary N) is 1. The van der Waals surface area contributed by atoms with Gasteiger partial charge in [-0.15, -0.1) is 0 Å². The molecule has 4 heteroatoms. The van der Waals surface area contributed by atoms with Gasteiger partial charge in [0.2, 0.25) is 0 Å². The minimum Gasteiger partial charge on any atom is -0.313 e. The number of aromatic nitrogens is 1. The van der Waals surface area contributed by atoms with Gasteiger partial charge in [0.1, 0.15) is 5.03 Å². The Hall–Kier alpha value is -0.840. The SMILES string of the molecule is CCC(NC)c1ccccc1Sc1ncccc1Br. The van der Waals surface area contributed by atoms with Gasteiger partial charge in [-0.05, 0) is 53.2 Å². The highest BCUT2D eigenvalue weighted by Gasteiger charge is 2.13. The molecule has 19 heavy (non-hydrogen) atoms. The number of hydrogen-bond donors (Lipinski definition) is 1. The minimum absolute atomic E-state index is 0.381.